The van der Waals surface area contributed by atoms with Gasteiger partial charge in [0.15, 0.2) is 0 Å². The number of nitrogens with zero attached hydrogens (tertiary/aromatic N) is 1. The second-order valence-electron chi connectivity index (χ2n) is 6.74. The summed E-state index contributed by atoms with van der Waals surface area (Å²) in [7, 11) is 1.74. The number of rotatable bonds is 10. The summed E-state index contributed by atoms with van der Waals surface area (Å²) in [4.78, 5) is 15.9. The second-order valence-corrected chi connectivity index (χ2v) is 6.74. The van der Waals surface area contributed by atoms with E-state index in [1.54, 1.807) is 7.11 Å². The van der Waals surface area contributed by atoms with Crippen LogP contribution in [-0.2, 0) is 20.8 Å². The van der Waals surface area contributed by atoms with Gasteiger partial charge in [-0.1, -0.05) is 47.6 Å². The van der Waals surface area contributed by atoms with Crippen LogP contribution in [0.1, 0.15) is 30.4 Å². The molecule has 1 heterocycles. The minimum Gasteiger partial charge on any atom is -0.494 e. The van der Waals surface area contributed by atoms with Gasteiger partial charge in [-0.25, -0.2) is 4.79 Å². The van der Waals surface area contributed by atoms with Gasteiger partial charge in [0, 0.05) is 19.1 Å². The van der Waals surface area contributed by atoms with Crippen molar-refractivity contribution in [3.8, 4) is 5.75 Å². The Labute approximate surface area is 164 Å². The van der Waals surface area contributed by atoms with Crippen LogP contribution in [0.3, 0.4) is 0 Å². The smallest absolute Gasteiger partial charge is 0.348 e. The predicted molar refractivity (Wildman–Crippen MR) is 106 cm³/mol. The zero-order valence-corrected chi connectivity index (χ0v) is 15.9. The molecule has 2 unspecified atom stereocenters. The summed E-state index contributed by atoms with van der Waals surface area (Å²) in [6, 6.07) is 17.8. The highest BCUT2D eigenvalue weighted by Gasteiger charge is 2.28. The van der Waals surface area contributed by atoms with E-state index in [2.05, 4.69) is 17.3 Å². The second kappa shape index (κ2) is 9.90. The minimum absolute atomic E-state index is 0.162. The molecule has 28 heavy (non-hydrogen) atoms. The van der Waals surface area contributed by atoms with Crippen molar-refractivity contribution in [3.63, 3.8) is 0 Å². The van der Waals surface area contributed by atoms with E-state index in [1.165, 1.54) is 5.56 Å². The highest BCUT2D eigenvalue weighted by molar-refractivity contribution is 6.03. The molecule has 6 nitrogen and oxygen atoms in total. The van der Waals surface area contributed by atoms with Crippen LogP contribution < -0.4 is 4.74 Å². The van der Waals surface area contributed by atoms with Crippen molar-refractivity contribution in [2.75, 3.05) is 13.7 Å². The molecule has 0 fully saturated rings. The van der Waals surface area contributed by atoms with E-state index in [1.807, 2.05) is 42.5 Å². The number of carbonyl (C=O) groups is 1. The van der Waals surface area contributed by atoms with Gasteiger partial charge in [0.25, 0.3) is 0 Å². The molecule has 0 saturated carbocycles. The average Bonchev–Trinajstić information content (AvgIpc) is 3.22. The number of methoxy groups -OCH3 is 1. The molecule has 0 amide bonds. The van der Waals surface area contributed by atoms with Crippen LogP contribution in [0.15, 0.2) is 59.8 Å². The molecule has 0 saturated heterocycles. The third-order valence-electron chi connectivity index (χ3n) is 4.69. The Bertz CT molecular complexity index is 806. The fourth-order valence-electron chi connectivity index (χ4n) is 3.13. The number of oxime groups is 1. The zero-order chi connectivity index (χ0) is 19.8. The number of carboxylic acids is 1. The first kappa shape index (κ1) is 19.9. The SMILES string of the molecule is COC(CCCOc1cccc(C2=NOC(C(=O)O)C2)c1)Cc1ccccc1. The summed E-state index contributed by atoms with van der Waals surface area (Å²) in [6.45, 7) is 0.582. The molecule has 2 aromatic rings. The summed E-state index contributed by atoms with van der Waals surface area (Å²) < 4.78 is 11.4. The first-order chi connectivity index (χ1) is 13.7. The number of benzene rings is 2. The van der Waals surface area contributed by atoms with E-state index in [9.17, 15) is 4.79 Å². The number of ether oxygens (including phenoxy) is 2. The Kier molecular flexibility index (Phi) is 7.03. The summed E-state index contributed by atoms with van der Waals surface area (Å²) in [5.41, 5.74) is 2.71. The van der Waals surface area contributed by atoms with Crippen LogP contribution in [0.5, 0.6) is 5.75 Å². The summed E-state index contributed by atoms with van der Waals surface area (Å²) in [6.07, 6.45) is 2.18. The quantitative estimate of drug-likeness (QED) is 0.633. The molecule has 0 spiro atoms. The molecule has 2 aromatic carbocycles. The fourth-order valence-corrected chi connectivity index (χ4v) is 3.13. The van der Waals surface area contributed by atoms with E-state index in [0.29, 0.717) is 12.3 Å². The molecule has 1 aliphatic rings. The molecule has 0 aliphatic carbocycles. The van der Waals surface area contributed by atoms with Crippen LogP contribution in [0.25, 0.3) is 0 Å². The molecular weight excluding hydrogens is 358 g/mol. The Morgan fingerprint density at radius 3 is 2.79 bits per heavy atom. The van der Waals surface area contributed by atoms with Gasteiger partial charge in [0.1, 0.15) is 5.75 Å². The standard InChI is InChI=1S/C22H25NO5/c1-26-18(13-16-7-3-2-4-8-16)11-6-12-27-19-10-5-9-17(14-19)20-15-21(22(24)25)28-23-20/h2-5,7-10,14,18,21H,6,11-13,15H2,1H3,(H,24,25). The molecule has 0 aromatic heterocycles. The molecule has 0 radical (unpaired) electrons. The fraction of sp³-hybridized carbons (Fsp3) is 0.364. The summed E-state index contributed by atoms with van der Waals surface area (Å²) in [5.74, 6) is -0.273. The van der Waals surface area contributed by atoms with Crippen molar-refractivity contribution < 1.29 is 24.2 Å². The van der Waals surface area contributed by atoms with E-state index >= 15 is 0 Å². The average molecular weight is 383 g/mol. The van der Waals surface area contributed by atoms with Crippen molar-refractivity contribution in [2.45, 2.75) is 37.9 Å². The van der Waals surface area contributed by atoms with Gasteiger partial charge in [-0.3, -0.25) is 0 Å². The summed E-state index contributed by atoms with van der Waals surface area (Å²) >= 11 is 0. The van der Waals surface area contributed by atoms with Crippen molar-refractivity contribution in [2.24, 2.45) is 5.16 Å². The van der Waals surface area contributed by atoms with Crippen molar-refractivity contribution >= 4 is 11.7 Å². The summed E-state index contributed by atoms with van der Waals surface area (Å²) in [5, 5.41) is 12.9. The lowest BCUT2D eigenvalue weighted by molar-refractivity contribution is -0.148. The molecule has 6 heteroatoms. The Balaban J connectivity index is 1.45. The molecular formula is C22H25NO5. The number of aliphatic carboxylic acids is 1. The lowest BCUT2D eigenvalue weighted by Crippen LogP contribution is -2.19. The molecule has 0 bridgehead atoms. The van der Waals surface area contributed by atoms with E-state index in [0.717, 1.165) is 30.6 Å². The lowest BCUT2D eigenvalue weighted by atomic mass is 10.0. The highest BCUT2D eigenvalue weighted by atomic mass is 16.7. The van der Waals surface area contributed by atoms with Crippen LogP contribution in [0, 0.1) is 0 Å². The van der Waals surface area contributed by atoms with Gasteiger partial charge in [-0.2, -0.15) is 0 Å². The van der Waals surface area contributed by atoms with Crippen LogP contribution in [0.2, 0.25) is 0 Å². The monoisotopic (exact) mass is 383 g/mol. The third-order valence-corrected chi connectivity index (χ3v) is 4.69. The van der Waals surface area contributed by atoms with E-state index < -0.39 is 12.1 Å². The molecule has 1 aliphatic heterocycles. The molecule has 2 atom stereocenters. The van der Waals surface area contributed by atoms with Crippen LogP contribution >= 0.6 is 0 Å². The molecule has 148 valence electrons. The normalized spacial score (nSPS) is 16.9. The lowest BCUT2D eigenvalue weighted by Gasteiger charge is -2.15. The van der Waals surface area contributed by atoms with Crippen molar-refractivity contribution in [3.05, 3.63) is 65.7 Å². The van der Waals surface area contributed by atoms with Gasteiger partial charge in [0.05, 0.1) is 18.4 Å². The van der Waals surface area contributed by atoms with Crippen molar-refractivity contribution in [1.29, 1.82) is 0 Å². The Morgan fingerprint density at radius 1 is 1.25 bits per heavy atom. The maximum atomic E-state index is 11.0. The van der Waals surface area contributed by atoms with Gasteiger partial charge < -0.3 is 19.4 Å². The van der Waals surface area contributed by atoms with Crippen LogP contribution in [0.4, 0.5) is 0 Å². The number of carboxylic acid groups (broad SMARTS) is 1. The minimum atomic E-state index is -1.01. The molecule has 3 rings (SSSR count). The predicted octanol–water partition coefficient (Wildman–Crippen LogP) is 3.68. The zero-order valence-electron chi connectivity index (χ0n) is 15.9. The largest absolute Gasteiger partial charge is 0.494 e. The van der Waals surface area contributed by atoms with Gasteiger partial charge in [-0.05, 0) is 37.0 Å². The van der Waals surface area contributed by atoms with E-state index in [4.69, 9.17) is 19.4 Å². The first-order valence-electron chi connectivity index (χ1n) is 9.41. The number of hydrogen-bond acceptors (Lipinski definition) is 5. The van der Waals surface area contributed by atoms with Gasteiger partial charge >= 0.3 is 5.97 Å². The van der Waals surface area contributed by atoms with Gasteiger partial charge in [-0.15, -0.1) is 0 Å². The number of hydrogen-bond donors (Lipinski definition) is 1. The topological polar surface area (TPSA) is 77.3 Å². The molecule has 1 N–H and O–H groups in total. The Morgan fingerprint density at radius 2 is 2.07 bits per heavy atom. The maximum Gasteiger partial charge on any atom is 0.348 e. The Hall–Kier alpha value is -2.86. The van der Waals surface area contributed by atoms with Gasteiger partial charge in [0.2, 0.25) is 6.10 Å². The first-order valence-corrected chi connectivity index (χ1v) is 9.41. The van der Waals surface area contributed by atoms with E-state index in [-0.39, 0.29) is 12.5 Å². The van der Waals surface area contributed by atoms with Crippen molar-refractivity contribution in [1.82, 2.24) is 0 Å². The maximum absolute atomic E-state index is 11.0. The highest BCUT2D eigenvalue weighted by Crippen LogP contribution is 2.21. The van der Waals surface area contributed by atoms with Crippen LogP contribution in [-0.4, -0.2) is 42.7 Å². The third kappa shape index (κ3) is 5.57.